The molecule has 1 heterocycles. The highest BCUT2D eigenvalue weighted by Gasteiger charge is 2.20. The largest absolute Gasteiger partial charge is 0.497 e. The molecule has 2 aromatic carbocycles. The molecule has 0 radical (unpaired) electrons. The maximum Gasteiger partial charge on any atom is 0.251 e. The fourth-order valence-electron chi connectivity index (χ4n) is 3.78. The Balaban J connectivity index is 1.43. The molecule has 144 valence electrons. The lowest BCUT2D eigenvalue weighted by molar-refractivity contribution is 0.0935. The van der Waals surface area contributed by atoms with E-state index < -0.39 is 0 Å². The number of carbonyl (C=O) groups is 1. The van der Waals surface area contributed by atoms with Gasteiger partial charge in [0.05, 0.1) is 7.11 Å². The first-order valence-electron chi connectivity index (χ1n) is 9.75. The number of ether oxygens (including phenoxy) is 1. The van der Waals surface area contributed by atoms with Crippen molar-refractivity contribution in [3.8, 4) is 5.75 Å². The molecule has 27 heavy (non-hydrogen) atoms. The van der Waals surface area contributed by atoms with Gasteiger partial charge >= 0.3 is 0 Å². The number of aryl methyl sites for hydroxylation is 2. The molecule has 0 spiro atoms. The van der Waals surface area contributed by atoms with Crippen LogP contribution in [0.5, 0.6) is 5.75 Å². The van der Waals surface area contributed by atoms with Gasteiger partial charge in [-0.3, -0.25) is 9.69 Å². The lowest BCUT2D eigenvalue weighted by Crippen LogP contribution is -2.38. The SMILES string of the molecule is COc1ccc(CN2CCC(CNC(=O)c3cc(C)cc(C)c3)CC2)cc1. The second-order valence-corrected chi connectivity index (χ2v) is 7.65. The topological polar surface area (TPSA) is 41.6 Å². The van der Waals surface area contributed by atoms with Crippen LogP contribution >= 0.6 is 0 Å². The van der Waals surface area contributed by atoms with Gasteiger partial charge in [-0.15, -0.1) is 0 Å². The third-order valence-corrected chi connectivity index (χ3v) is 5.31. The van der Waals surface area contributed by atoms with E-state index in [1.165, 1.54) is 5.56 Å². The van der Waals surface area contributed by atoms with E-state index in [-0.39, 0.29) is 5.91 Å². The summed E-state index contributed by atoms with van der Waals surface area (Å²) in [5, 5.41) is 3.13. The summed E-state index contributed by atoms with van der Waals surface area (Å²) in [6, 6.07) is 14.3. The van der Waals surface area contributed by atoms with E-state index in [1.54, 1.807) is 7.11 Å². The molecule has 1 saturated heterocycles. The van der Waals surface area contributed by atoms with E-state index in [0.29, 0.717) is 5.92 Å². The molecule has 2 aromatic rings. The van der Waals surface area contributed by atoms with E-state index in [1.807, 2.05) is 38.1 Å². The number of benzene rings is 2. The van der Waals surface area contributed by atoms with Gasteiger partial charge in [-0.1, -0.05) is 29.3 Å². The van der Waals surface area contributed by atoms with Crippen molar-refractivity contribution in [3.63, 3.8) is 0 Å². The predicted molar refractivity (Wildman–Crippen MR) is 109 cm³/mol. The Hall–Kier alpha value is -2.33. The Kier molecular flexibility index (Phi) is 6.51. The Bertz CT molecular complexity index is 742. The van der Waals surface area contributed by atoms with E-state index in [0.717, 1.165) is 61.5 Å². The third kappa shape index (κ3) is 5.57. The first-order chi connectivity index (χ1) is 13.0. The molecular formula is C23H30N2O2. The summed E-state index contributed by atoms with van der Waals surface area (Å²) in [5.74, 6) is 1.51. The average Bonchev–Trinajstić information content (AvgIpc) is 2.67. The molecule has 0 saturated carbocycles. The van der Waals surface area contributed by atoms with Crippen molar-refractivity contribution >= 4 is 5.91 Å². The Labute approximate surface area is 162 Å². The Morgan fingerprint density at radius 2 is 1.70 bits per heavy atom. The molecule has 1 N–H and O–H groups in total. The summed E-state index contributed by atoms with van der Waals surface area (Å²) in [4.78, 5) is 14.9. The summed E-state index contributed by atoms with van der Waals surface area (Å²) in [7, 11) is 1.69. The first kappa shape index (κ1) is 19.4. The monoisotopic (exact) mass is 366 g/mol. The number of methoxy groups -OCH3 is 1. The van der Waals surface area contributed by atoms with Crippen LogP contribution in [0.1, 0.15) is 39.9 Å². The summed E-state index contributed by atoms with van der Waals surface area (Å²) in [6.07, 6.45) is 2.26. The van der Waals surface area contributed by atoms with Crippen LogP contribution in [0.25, 0.3) is 0 Å². The van der Waals surface area contributed by atoms with Gasteiger partial charge in [0.1, 0.15) is 5.75 Å². The van der Waals surface area contributed by atoms with E-state index in [2.05, 4.69) is 28.4 Å². The Morgan fingerprint density at radius 1 is 1.07 bits per heavy atom. The molecule has 4 nitrogen and oxygen atoms in total. The smallest absolute Gasteiger partial charge is 0.251 e. The molecule has 0 bridgehead atoms. The van der Waals surface area contributed by atoms with Gasteiger partial charge in [0.2, 0.25) is 0 Å². The standard InChI is InChI=1S/C23H30N2O2/c1-17-12-18(2)14-21(13-17)23(26)24-15-19-8-10-25(11-9-19)16-20-4-6-22(27-3)7-5-20/h4-7,12-14,19H,8-11,15-16H2,1-3H3,(H,24,26). The van der Waals surface area contributed by atoms with Crippen LogP contribution in [0.2, 0.25) is 0 Å². The summed E-state index contributed by atoms with van der Waals surface area (Å²) >= 11 is 0. The highest BCUT2D eigenvalue weighted by Crippen LogP contribution is 2.20. The zero-order valence-corrected chi connectivity index (χ0v) is 16.6. The normalized spacial score (nSPS) is 15.5. The third-order valence-electron chi connectivity index (χ3n) is 5.31. The number of hydrogen-bond donors (Lipinski definition) is 1. The van der Waals surface area contributed by atoms with Crippen molar-refractivity contribution in [1.29, 1.82) is 0 Å². The van der Waals surface area contributed by atoms with Gasteiger partial charge in [-0.2, -0.15) is 0 Å². The fraction of sp³-hybridized carbons (Fsp3) is 0.435. The van der Waals surface area contributed by atoms with Crippen molar-refractivity contribution < 1.29 is 9.53 Å². The number of carbonyl (C=O) groups excluding carboxylic acids is 1. The zero-order chi connectivity index (χ0) is 19.2. The maximum absolute atomic E-state index is 12.4. The summed E-state index contributed by atoms with van der Waals surface area (Å²) in [6.45, 7) is 7.96. The van der Waals surface area contributed by atoms with Crippen molar-refractivity contribution in [2.24, 2.45) is 5.92 Å². The van der Waals surface area contributed by atoms with Gasteiger partial charge in [-0.05, 0) is 75.5 Å². The van der Waals surface area contributed by atoms with E-state index in [4.69, 9.17) is 4.74 Å². The minimum Gasteiger partial charge on any atom is -0.497 e. The van der Waals surface area contributed by atoms with Crippen LogP contribution in [0, 0.1) is 19.8 Å². The van der Waals surface area contributed by atoms with Crippen molar-refractivity contribution in [2.75, 3.05) is 26.7 Å². The second kappa shape index (κ2) is 9.05. The summed E-state index contributed by atoms with van der Waals surface area (Å²) in [5.41, 5.74) is 4.35. The highest BCUT2D eigenvalue weighted by molar-refractivity contribution is 5.94. The number of rotatable bonds is 6. The van der Waals surface area contributed by atoms with E-state index in [9.17, 15) is 4.79 Å². The number of piperidine rings is 1. The molecular weight excluding hydrogens is 336 g/mol. The van der Waals surface area contributed by atoms with Crippen LogP contribution in [0.3, 0.4) is 0 Å². The van der Waals surface area contributed by atoms with Crippen LogP contribution in [0.4, 0.5) is 0 Å². The minimum absolute atomic E-state index is 0.0439. The lowest BCUT2D eigenvalue weighted by atomic mass is 9.96. The van der Waals surface area contributed by atoms with Crippen LogP contribution in [0.15, 0.2) is 42.5 Å². The van der Waals surface area contributed by atoms with Gasteiger partial charge in [-0.25, -0.2) is 0 Å². The molecule has 1 aliphatic rings. The molecule has 4 heteroatoms. The average molecular weight is 367 g/mol. The number of hydrogen-bond acceptors (Lipinski definition) is 3. The highest BCUT2D eigenvalue weighted by atomic mass is 16.5. The number of nitrogens with one attached hydrogen (secondary N) is 1. The molecule has 0 unspecified atom stereocenters. The fourth-order valence-corrected chi connectivity index (χ4v) is 3.78. The molecule has 0 atom stereocenters. The maximum atomic E-state index is 12.4. The summed E-state index contributed by atoms with van der Waals surface area (Å²) < 4.78 is 5.22. The molecule has 1 aliphatic heterocycles. The first-order valence-corrected chi connectivity index (χ1v) is 9.75. The van der Waals surface area contributed by atoms with Crippen molar-refractivity contribution in [3.05, 3.63) is 64.7 Å². The molecule has 1 fully saturated rings. The quantitative estimate of drug-likeness (QED) is 0.841. The minimum atomic E-state index is 0.0439. The molecule has 0 aromatic heterocycles. The van der Waals surface area contributed by atoms with Gasteiger partial charge < -0.3 is 10.1 Å². The Morgan fingerprint density at radius 3 is 2.30 bits per heavy atom. The van der Waals surface area contributed by atoms with Crippen LogP contribution in [-0.2, 0) is 6.54 Å². The molecule has 1 amide bonds. The second-order valence-electron chi connectivity index (χ2n) is 7.65. The van der Waals surface area contributed by atoms with E-state index >= 15 is 0 Å². The number of amides is 1. The van der Waals surface area contributed by atoms with Crippen molar-refractivity contribution in [2.45, 2.75) is 33.2 Å². The zero-order valence-electron chi connectivity index (χ0n) is 16.6. The number of likely N-dealkylation sites (tertiary alicyclic amines) is 1. The lowest BCUT2D eigenvalue weighted by Gasteiger charge is -2.32. The predicted octanol–water partition coefficient (Wildman–Crippen LogP) is 3.95. The molecule has 0 aliphatic carbocycles. The van der Waals surface area contributed by atoms with Crippen LogP contribution in [-0.4, -0.2) is 37.6 Å². The van der Waals surface area contributed by atoms with Crippen molar-refractivity contribution in [1.82, 2.24) is 10.2 Å². The van der Waals surface area contributed by atoms with Gasteiger partial charge in [0, 0.05) is 18.7 Å². The van der Waals surface area contributed by atoms with Gasteiger partial charge in [0.15, 0.2) is 0 Å². The number of nitrogens with zero attached hydrogens (tertiary/aromatic N) is 1. The van der Waals surface area contributed by atoms with Gasteiger partial charge in [0.25, 0.3) is 5.91 Å². The molecule has 3 rings (SSSR count). The van der Waals surface area contributed by atoms with Crippen LogP contribution < -0.4 is 10.1 Å².